The van der Waals surface area contributed by atoms with Crippen molar-refractivity contribution in [3.05, 3.63) is 23.8 Å². The van der Waals surface area contributed by atoms with Gasteiger partial charge >= 0.3 is 0 Å². The van der Waals surface area contributed by atoms with E-state index in [2.05, 4.69) is 26.1 Å². The van der Waals surface area contributed by atoms with Gasteiger partial charge in [-0.3, -0.25) is 4.79 Å². The third-order valence-electron chi connectivity index (χ3n) is 3.04. The molecular formula is C13H21N3O. The highest BCUT2D eigenvalue weighted by Gasteiger charge is 2.12. The van der Waals surface area contributed by atoms with Crippen LogP contribution in [0.5, 0.6) is 0 Å². The highest BCUT2D eigenvalue weighted by molar-refractivity contribution is 5.99. The number of carbonyl (C=O) groups is 1. The van der Waals surface area contributed by atoms with Gasteiger partial charge < -0.3 is 16.8 Å². The van der Waals surface area contributed by atoms with Gasteiger partial charge in [-0.05, 0) is 30.0 Å². The molecule has 0 saturated carbocycles. The van der Waals surface area contributed by atoms with E-state index >= 15 is 0 Å². The van der Waals surface area contributed by atoms with Crippen molar-refractivity contribution in [2.24, 2.45) is 11.8 Å². The van der Waals surface area contributed by atoms with Gasteiger partial charge in [-0.15, -0.1) is 0 Å². The summed E-state index contributed by atoms with van der Waals surface area (Å²) in [6.45, 7) is 7.03. The van der Waals surface area contributed by atoms with Crippen LogP contribution < -0.4 is 16.8 Å². The van der Waals surface area contributed by atoms with Gasteiger partial charge in [0.1, 0.15) is 0 Å². The third-order valence-corrected chi connectivity index (χ3v) is 3.04. The number of rotatable bonds is 4. The molecule has 0 aromatic heterocycles. The van der Waals surface area contributed by atoms with Crippen LogP contribution in [-0.4, -0.2) is 12.5 Å². The summed E-state index contributed by atoms with van der Waals surface area (Å²) in [6.07, 6.45) is 0. The number of anilines is 2. The van der Waals surface area contributed by atoms with Gasteiger partial charge in [0.2, 0.25) is 0 Å². The van der Waals surface area contributed by atoms with Crippen molar-refractivity contribution in [3.63, 3.8) is 0 Å². The highest BCUT2D eigenvalue weighted by Crippen LogP contribution is 2.16. The van der Waals surface area contributed by atoms with Crippen molar-refractivity contribution in [1.29, 1.82) is 0 Å². The summed E-state index contributed by atoms with van der Waals surface area (Å²) in [7, 11) is 0. The molecule has 1 unspecified atom stereocenters. The quantitative estimate of drug-likeness (QED) is 0.697. The third kappa shape index (κ3) is 3.66. The minimum atomic E-state index is -0.144. The first-order valence-electron chi connectivity index (χ1n) is 5.85. The Morgan fingerprint density at radius 3 is 2.47 bits per heavy atom. The van der Waals surface area contributed by atoms with Crippen molar-refractivity contribution in [2.75, 3.05) is 18.0 Å². The zero-order chi connectivity index (χ0) is 13.0. The Balaban J connectivity index is 2.64. The number of hydrogen-bond donors (Lipinski definition) is 3. The summed E-state index contributed by atoms with van der Waals surface area (Å²) < 4.78 is 0. The smallest absolute Gasteiger partial charge is 0.253 e. The van der Waals surface area contributed by atoms with Crippen LogP contribution in [0.3, 0.4) is 0 Å². The van der Waals surface area contributed by atoms with E-state index < -0.39 is 0 Å². The monoisotopic (exact) mass is 235 g/mol. The fraction of sp³-hybridized carbons (Fsp3) is 0.462. The lowest BCUT2D eigenvalue weighted by Crippen LogP contribution is -2.30. The lowest BCUT2D eigenvalue weighted by molar-refractivity contribution is 0.0946. The number of nitrogen functional groups attached to an aromatic ring is 2. The molecule has 0 aliphatic carbocycles. The predicted octanol–water partition coefficient (Wildman–Crippen LogP) is 1.87. The van der Waals surface area contributed by atoms with Gasteiger partial charge in [0.15, 0.2) is 0 Å². The zero-order valence-corrected chi connectivity index (χ0v) is 10.7. The number of benzene rings is 1. The molecule has 1 amide bonds. The van der Waals surface area contributed by atoms with Crippen LogP contribution in [0, 0.1) is 11.8 Å². The van der Waals surface area contributed by atoms with Gasteiger partial charge in [0, 0.05) is 17.9 Å². The zero-order valence-electron chi connectivity index (χ0n) is 10.7. The molecule has 0 spiro atoms. The molecule has 1 rings (SSSR count). The summed E-state index contributed by atoms with van der Waals surface area (Å²) in [5, 5.41) is 2.88. The number of hydrogen-bond acceptors (Lipinski definition) is 3. The van der Waals surface area contributed by atoms with E-state index in [9.17, 15) is 4.79 Å². The Kier molecular flexibility index (Phi) is 4.37. The molecule has 17 heavy (non-hydrogen) atoms. The van der Waals surface area contributed by atoms with Crippen molar-refractivity contribution in [2.45, 2.75) is 20.8 Å². The predicted molar refractivity (Wildman–Crippen MR) is 71.6 cm³/mol. The fourth-order valence-corrected chi connectivity index (χ4v) is 1.37. The van der Waals surface area contributed by atoms with Crippen LogP contribution in [-0.2, 0) is 0 Å². The summed E-state index contributed by atoms with van der Waals surface area (Å²) in [6, 6.07) is 4.93. The summed E-state index contributed by atoms with van der Waals surface area (Å²) in [4.78, 5) is 11.9. The van der Waals surface area contributed by atoms with Gasteiger partial charge in [-0.2, -0.15) is 0 Å². The molecule has 0 aliphatic rings. The van der Waals surface area contributed by atoms with E-state index in [1.165, 1.54) is 0 Å². The van der Waals surface area contributed by atoms with Crippen molar-refractivity contribution >= 4 is 17.3 Å². The second kappa shape index (κ2) is 5.57. The Labute approximate surface area is 102 Å². The summed E-state index contributed by atoms with van der Waals surface area (Å²) in [5.74, 6) is 0.836. The maximum atomic E-state index is 11.9. The summed E-state index contributed by atoms with van der Waals surface area (Å²) in [5.41, 5.74) is 12.8. The van der Waals surface area contributed by atoms with E-state index in [0.717, 1.165) is 0 Å². The lowest BCUT2D eigenvalue weighted by atomic mass is 9.98. The molecule has 1 aromatic rings. The van der Waals surface area contributed by atoms with Crippen LogP contribution in [0.15, 0.2) is 18.2 Å². The number of carbonyl (C=O) groups excluding carboxylic acids is 1. The van der Waals surface area contributed by atoms with Crippen LogP contribution >= 0.6 is 0 Å². The van der Waals surface area contributed by atoms with Crippen LogP contribution in [0.1, 0.15) is 31.1 Å². The summed E-state index contributed by atoms with van der Waals surface area (Å²) >= 11 is 0. The van der Waals surface area contributed by atoms with Crippen LogP contribution in [0.4, 0.5) is 11.4 Å². The Morgan fingerprint density at radius 1 is 1.29 bits per heavy atom. The van der Waals surface area contributed by atoms with Crippen LogP contribution in [0.2, 0.25) is 0 Å². The second-order valence-electron chi connectivity index (χ2n) is 4.78. The van der Waals surface area contributed by atoms with E-state index in [0.29, 0.717) is 35.3 Å². The molecule has 94 valence electrons. The minimum absolute atomic E-state index is 0.144. The first-order valence-corrected chi connectivity index (χ1v) is 5.85. The Bertz CT molecular complexity index is 402. The molecule has 1 aromatic carbocycles. The first kappa shape index (κ1) is 13.4. The van der Waals surface area contributed by atoms with Crippen molar-refractivity contribution in [1.82, 2.24) is 5.32 Å². The Hall–Kier alpha value is -1.71. The average molecular weight is 235 g/mol. The van der Waals surface area contributed by atoms with Crippen molar-refractivity contribution in [3.8, 4) is 0 Å². The first-order chi connectivity index (χ1) is 7.91. The van der Waals surface area contributed by atoms with E-state index in [1.54, 1.807) is 18.2 Å². The fourth-order valence-electron chi connectivity index (χ4n) is 1.37. The maximum absolute atomic E-state index is 11.9. The SMILES string of the molecule is CC(C)C(C)CNC(=O)c1ccc(N)cc1N. The van der Waals surface area contributed by atoms with Crippen LogP contribution in [0.25, 0.3) is 0 Å². The molecule has 0 saturated heterocycles. The number of nitrogens with one attached hydrogen (secondary N) is 1. The van der Waals surface area contributed by atoms with E-state index in [4.69, 9.17) is 11.5 Å². The van der Waals surface area contributed by atoms with Crippen molar-refractivity contribution < 1.29 is 4.79 Å². The molecule has 0 fully saturated rings. The number of nitrogens with two attached hydrogens (primary N) is 2. The molecule has 4 heteroatoms. The highest BCUT2D eigenvalue weighted by atomic mass is 16.1. The maximum Gasteiger partial charge on any atom is 0.253 e. The van der Waals surface area contributed by atoms with E-state index in [1.807, 2.05) is 0 Å². The normalized spacial score (nSPS) is 12.5. The molecule has 4 nitrogen and oxygen atoms in total. The minimum Gasteiger partial charge on any atom is -0.399 e. The van der Waals surface area contributed by atoms with Gasteiger partial charge in [0.25, 0.3) is 5.91 Å². The van der Waals surface area contributed by atoms with Gasteiger partial charge in [-0.1, -0.05) is 20.8 Å². The second-order valence-corrected chi connectivity index (χ2v) is 4.78. The molecule has 5 N–H and O–H groups in total. The molecular weight excluding hydrogens is 214 g/mol. The van der Waals surface area contributed by atoms with Gasteiger partial charge in [-0.25, -0.2) is 0 Å². The molecule has 0 bridgehead atoms. The molecule has 0 heterocycles. The Morgan fingerprint density at radius 2 is 1.94 bits per heavy atom. The molecule has 1 atom stereocenters. The standard InChI is InChI=1S/C13H21N3O/c1-8(2)9(3)7-16-13(17)11-5-4-10(14)6-12(11)15/h4-6,8-9H,7,14-15H2,1-3H3,(H,16,17). The average Bonchev–Trinajstić information content (AvgIpc) is 2.25. The molecule has 0 aliphatic heterocycles. The van der Waals surface area contributed by atoms with E-state index in [-0.39, 0.29) is 5.91 Å². The molecule has 0 radical (unpaired) electrons. The largest absolute Gasteiger partial charge is 0.399 e. The lowest BCUT2D eigenvalue weighted by Gasteiger charge is -2.16. The van der Waals surface area contributed by atoms with Gasteiger partial charge in [0.05, 0.1) is 5.56 Å². The topological polar surface area (TPSA) is 81.1 Å². The number of amides is 1.